The molecule has 4 nitrogen and oxygen atoms in total. The van der Waals surface area contributed by atoms with Crippen LogP contribution >= 0.6 is 12.4 Å². The van der Waals surface area contributed by atoms with Gasteiger partial charge in [0.25, 0.3) is 0 Å². The normalized spacial score (nSPS) is 18.2. The van der Waals surface area contributed by atoms with Crippen LogP contribution in [0.5, 0.6) is 0 Å². The van der Waals surface area contributed by atoms with E-state index in [1.807, 2.05) is 17.9 Å². The molecule has 1 aliphatic rings. The second-order valence-corrected chi connectivity index (χ2v) is 6.14. The first kappa shape index (κ1) is 19.9. The third-order valence-corrected chi connectivity index (χ3v) is 4.52. The van der Waals surface area contributed by atoms with E-state index in [9.17, 15) is 9.18 Å². The Hall–Kier alpha value is -1.17. The molecule has 0 spiro atoms. The number of carbonyl (C=O) groups excluding carboxylic acids is 1. The zero-order valence-corrected chi connectivity index (χ0v) is 14.7. The number of carbonyl (C=O) groups is 1. The summed E-state index contributed by atoms with van der Waals surface area (Å²) in [5, 5.41) is 0. The molecule has 2 atom stereocenters. The van der Waals surface area contributed by atoms with Crippen molar-refractivity contribution in [3.63, 3.8) is 0 Å². The van der Waals surface area contributed by atoms with E-state index in [1.54, 1.807) is 12.1 Å². The van der Waals surface area contributed by atoms with Crippen LogP contribution in [0.3, 0.4) is 0 Å². The highest BCUT2D eigenvalue weighted by atomic mass is 35.5. The fourth-order valence-electron chi connectivity index (χ4n) is 2.73. The van der Waals surface area contributed by atoms with Gasteiger partial charge in [0.1, 0.15) is 5.82 Å². The standard InChI is InChI=1S/C17H26FN3O.ClH/c1-3-13(2)16(19)17(22)21-9-7-20(8-10-21)12-14-5-4-6-15(18)11-14;/h4-6,11,13,16H,3,7-10,12,19H2,1-2H3;1H. The number of hydrogen-bond donors (Lipinski definition) is 1. The number of nitrogens with two attached hydrogens (primary N) is 1. The van der Waals surface area contributed by atoms with Crippen LogP contribution in [0.1, 0.15) is 25.8 Å². The number of halogens is 2. The molecular weight excluding hydrogens is 317 g/mol. The zero-order valence-electron chi connectivity index (χ0n) is 13.9. The Labute approximate surface area is 144 Å². The van der Waals surface area contributed by atoms with Gasteiger partial charge >= 0.3 is 0 Å². The van der Waals surface area contributed by atoms with E-state index in [-0.39, 0.29) is 30.0 Å². The highest BCUT2D eigenvalue weighted by molar-refractivity contribution is 5.85. The van der Waals surface area contributed by atoms with Crippen LogP contribution in [0.15, 0.2) is 24.3 Å². The van der Waals surface area contributed by atoms with Gasteiger partial charge in [0.2, 0.25) is 5.91 Å². The molecule has 1 aromatic carbocycles. The van der Waals surface area contributed by atoms with E-state index in [0.29, 0.717) is 13.1 Å². The third kappa shape index (κ3) is 5.44. The molecular formula is C17H27ClFN3O. The van der Waals surface area contributed by atoms with Crippen LogP contribution in [0.2, 0.25) is 0 Å². The monoisotopic (exact) mass is 343 g/mol. The number of benzene rings is 1. The van der Waals surface area contributed by atoms with Crippen LogP contribution in [-0.2, 0) is 11.3 Å². The van der Waals surface area contributed by atoms with Crippen molar-refractivity contribution < 1.29 is 9.18 Å². The zero-order chi connectivity index (χ0) is 16.1. The Morgan fingerprint density at radius 1 is 1.30 bits per heavy atom. The summed E-state index contributed by atoms with van der Waals surface area (Å²) in [6, 6.07) is 6.28. The van der Waals surface area contributed by atoms with E-state index in [2.05, 4.69) is 11.8 Å². The van der Waals surface area contributed by atoms with Gasteiger partial charge in [-0.05, 0) is 23.6 Å². The Balaban J connectivity index is 0.00000264. The van der Waals surface area contributed by atoms with Gasteiger partial charge in [0.05, 0.1) is 6.04 Å². The number of nitrogens with zero attached hydrogens (tertiary/aromatic N) is 2. The molecule has 130 valence electrons. The Morgan fingerprint density at radius 3 is 2.52 bits per heavy atom. The molecule has 1 aromatic rings. The number of hydrogen-bond acceptors (Lipinski definition) is 3. The largest absolute Gasteiger partial charge is 0.339 e. The predicted octanol–water partition coefficient (Wildman–Crippen LogP) is 2.27. The first-order chi connectivity index (χ1) is 10.5. The van der Waals surface area contributed by atoms with Crippen LogP contribution in [0.25, 0.3) is 0 Å². The maximum Gasteiger partial charge on any atom is 0.239 e. The van der Waals surface area contributed by atoms with Gasteiger partial charge in [-0.1, -0.05) is 32.4 Å². The summed E-state index contributed by atoms with van der Waals surface area (Å²) in [7, 11) is 0. The van der Waals surface area contributed by atoms with Crippen molar-refractivity contribution in [3.05, 3.63) is 35.6 Å². The molecule has 0 aromatic heterocycles. The average molecular weight is 344 g/mol. The fraction of sp³-hybridized carbons (Fsp3) is 0.588. The minimum Gasteiger partial charge on any atom is -0.339 e. The van der Waals surface area contributed by atoms with E-state index in [0.717, 1.165) is 31.6 Å². The van der Waals surface area contributed by atoms with Crippen LogP contribution in [0, 0.1) is 11.7 Å². The van der Waals surface area contributed by atoms with Crippen LogP contribution in [0.4, 0.5) is 4.39 Å². The molecule has 2 unspecified atom stereocenters. The summed E-state index contributed by atoms with van der Waals surface area (Å²) in [5.74, 6) is 0.0587. The molecule has 23 heavy (non-hydrogen) atoms. The first-order valence-corrected chi connectivity index (χ1v) is 8.02. The number of rotatable bonds is 5. The van der Waals surface area contributed by atoms with Crippen molar-refractivity contribution in [1.29, 1.82) is 0 Å². The molecule has 2 N–H and O–H groups in total. The quantitative estimate of drug-likeness (QED) is 0.892. The molecule has 2 rings (SSSR count). The summed E-state index contributed by atoms with van der Waals surface area (Å²) in [6.45, 7) is 7.77. The van der Waals surface area contributed by atoms with Crippen molar-refractivity contribution in [3.8, 4) is 0 Å². The molecule has 1 saturated heterocycles. The lowest BCUT2D eigenvalue weighted by molar-refractivity contribution is -0.135. The van der Waals surface area contributed by atoms with E-state index in [1.165, 1.54) is 6.07 Å². The lowest BCUT2D eigenvalue weighted by Crippen LogP contribution is -2.54. The van der Waals surface area contributed by atoms with Gasteiger partial charge in [-0.3, -0.25) is 9.69 Å². The van der Waals surface area contributed by atoms with Crippen LogP contribution < -0.4 is 5.73 Å². The second-order valence-electron chi connectivity index (χ2n) is 6.14. The Kier molecular flexibility index (Phi) is 7.95. The van der Waals surface area contributed by atoms with Gasteiger partial charge in [-0.2, -0.15) is 0 Å². The third-order valence-electron chi connectivity index (χ3n) is 4.52. The predicted molar refractivity (Wildman–Crippen MR) is 92.9 cm³/mol. The van der Waals surface area contributed by atoms with Gasteiger partial charge in [-0.15, -0.1) is 12.4 Å². The smallest absolute Gasteiger partial charge is 0.239 e. The summed E-state index contributed by atoms with van der Waals surface area (Å²) in [4.78, 5) is 16.4. The van der Waals surface area contributed by atoms with Gasteiger partial charge in [-0.25, -0.2) is 4.39 Å². The van der Waals surface area contributed by atoms with Crippen molar-refractivity contribution in [2.24, 2.45) is 11.7 Å². The molecule has 6 heteroatoms. The molecule has 1 amide bonds. The Morgan fingerprint density at radius 2 is 1.96 bits per heavy atom. The molecule has 0 radical (unpaired) electrons. The van der Waals surface area contributed by atoms with E-state index >= 15 is 0 Å². The molecule has 1 fully saturated rings. The van der Waals surface area contributed by atoms with Gasteiger partial charge < -0.3 is 10.6 Å². The second kappa shape index (κ2) is 9.21. The van der Waals surface area contributed by atoms with Gasteiger partial charge in [0, 0.05) is 32.7 Å². The molecule has 0 bridgehead atoms. The average Bonchev–Trinajstić information content (AvgIpc) is 2.53. The van der Waals surface area contributed by atoms with Crippen molar-refractivity contribution in [1.82, 2.24) is 9.80 Å². The lowest BCUT2D eigenvalue weighted by atomic mass is 9.98. The number of piperazine rings is 1. The first-order valence-electron chi connectivity index (χ1n) is 8.02. The van der Waals surface area contributed by atoms with E-state index in [4.69, 9.17) is 5.73 Å². The molecule has 0 saturated carbocycles. The van der Waals surface area contributed by atoms with E-state index < -0.39 is 6.04 Å². The summed E-state index contributed by atoms with van der Waals surface area (Å²) in [6.07, 6.45) is 0.909. The molecule has 0 aliphatic carbocycles. The minimum atomic E-state index is -0.403. The minimum absolute atomic E-state index is 0. The van der Waals surface area contributed by atoms with Crippen molar-refractivity contribution in [2.75, 3.05) is 26.2 Å². The highest BCUT2D eigenvalue weighted by Crippen LogP contribution is 2.13. The maximum absolute atomic E-state index is 13.2. The Bertz CT molecular complexity index is 506. The summed E-state index contributed by atoms with van der Waals surface area (Å²) in [5.41, 5.74) is 7.00. The summed E-state index contributed by atoms with van der Waals surface area (Å²) < 4.78 is 13.2. The fourth-order valence-corrected chi connectivity index (χ4v) is 2.73. The molecule has 1 aliphatic heterocycles. The summed E-state index contributed by atoms with van der Waals surface area (Å²) >= 11 is 0. The lowest BCUT2D eigenvalue weighted by Gasteiger charge is -2.36. The van der Waals surface area contributed by atoms with Crippen molar-refractivity contribution in [2.45, 2.75) is 32.9 Å². The van der Waals surface area contributed by atoms with Crippen molar-refractivity contribution >= 4 is 18.3 Å². The maximum atomic E-state index is 13.2. The number of amides is 1. The topological polar surface area (TPSA) is 49.6 Å². The SMILES string of the molecule is CCC(C)C(N)C(=O)N1CCN(Cc2cccc(F)c2)CC1.Cl. The van der Waals surface area contributed by atoms with Crippen LogP contribution in [-0.4, -0.2) is 47.9 Å². The van der Waals surface area contributed by atoms with Gasteiger partial charge in [0.15, 0.2) is 0 Å². The highest BCUT2D eigenvalue weighted by Gasteiger charge is 2.27. The molecule has 1 heterocycles.